The molecule has 2 aromatic rings. The third-order valence-electron chi connectivity index (χ3n) is 1.67. The van der Waals surface area contributed by atoms with Crippen LogP contribution in [0.3, 0.4) is 0 Å². The van der Waals surface area contributed by atoms with Crippen LogP contribution in [-0.2, 0) is 0 Å². The molecule has 1 radical (unpaired) electrons. The number of fused-ring (bicyclic) bond motifs is 1. The summed E-state index contributed by atoms with van der Waals surface area (Å²) in [5.41, 5.74) is 2.08. The van der Waals surface area contributed by atoms with Crippen LogP contribution in [0, 0.1) is 5.88 Å². The van der Waals surface area contributed by atoms with E-state index in [1.165, 1.54) is 5.39 Å². The van der Waals surface area contributed by atoms with Crippen LogP contribution in [0.5, 0.6) is 0 Å². The molecule has 0 unspecified atom stereocenters. The smallest absolute Gasteiger partial charge is 0.0954 e. The van der Waals surface area contributed by atoms with Gasteiger partial charge < -0.3 is 4.98 Å². The van der Waals surface area contributed by atoms with Crippen molar-refractivity contribution in [3.8, 4) is 0 Å². The van der Waals surface area contributed by atoms with Crippen molar-refractivity contribution >= 4 is 22.5 Å². The molecule has 55 valence electrons. The van der Waals surface area contributed by atoms with Crippen molar-refractivity contribution in [3.05, 3.63) is 41.9 Å². The van der Waals surface area contributed by atoms with Gasteiger partial charge in [0.05, 0.1) is 5.88 Å². The predicted molar refractivity (Wildman–Crippen MR) is 47.6 cm³/mol. The van der Waals surface area contributed by atoms with Crippen molar-refractivity contribution in [1.29, 1.82) is 0 Å². The van der Waals surface area contributed by atoms with Crippen molar-refractivity contribution in [2.24, 2.45) is 0 Å². The number of H-pyrrole nitrogens is 1. The van der Waals surface area contributed by atoms with Gasteiger partial charge in [0.25, 0.3) is 0 Å². The Hall–Kier alpha value is -0.950. The Morgan fingerprint density at radius 1 is 1.27 bits per heavy atom. The van der Waals surface area contributed by atoms with Gasteiger partial charge in [-0.1, -0.05) is 18.2 Å². The minimum atomic E-state index is 0.952. The molecule has 0 atom stereocenters. The molecule has 1 heterocycles. The molecule has 11 heavy (non-hydrogen) atoms. The van der Waals surface area contributed by atoms with E-state index in [4.69, 9.17) is 11.6 Å². The minimum absolute atomic E-state index is 0.952. The lowest BCUT2D eigenvalue weighted by molar-refractivity contribution is 1.38. The van der Waals surface area contributed by atoms with E-state index in [0.29, 0.717) is 0 Å². The summed E-state index contributed by atoms with van der Waals surface area (Å²) >= 11 is 5.54. The van der Waals surface area contributed by atoms with Crippen LogP contribution in [0.2, 0.25) is 0 Å². The van der Waals surface area contributed by atoms with Gasteiger partial charge in [-0.25, -0.2) is 0 Å². The van der Waals surface area contributed by atoms with E-state index in [0.717, 1.165) is 11.2 Å². The van der Waals surface area contributed by atoms with Crippen molar-refractivity contribution in [1.82, 2.24) is 4.98 Å². The average Bonchev–Trinajstić information content (AvgIpc) is 2.46. The van der Waals surface area contributed by atoms with E-state index < -0.39 is 0 Å². The highest BCUT2D eigenvalue weighted by Gasteiger charge is 1.96. The van der Waals surface area contributed by atoms with Gasteiger partial charge in [-0.15, -0.1) is 11.6 Å². The summed E-state index contributed by atoms with van der Waals surface area (Å²) in [4.78, 5) is 3.16. The van der Waals surface area contributed by atoms with Crippen molar-refractivity contribution in [2.75, 3.05) is 0 Å². The zero-order valence-electron chi connectivity index (χ0n) is 5.84. The van der Waals surface area contributed by atoms with Gasteiger partial charge in [0.1, 0.15) is 0 Å². The lowest BCUT2D eigenvalue weighted by Crippen LogP contribution is -1.69. The maximum atomic E-state index is 5.54. The fourth-order valence-electron chi connectivity index (χ4n) is 1.15. The second kappa shape index (κ2) is 2.59. The summed E-state index contributed by atoms with van der Waals surface area (Å²) in [7, 11) is 0. The van der Waals surface area contributed by atoms with E-state index in [1.54, 1.807) is 5.88 Å². The van der Waals surface area contributed by atoms with Gasteiger partial charge in [-0.2, -0.15) is 0 Å². The Kier molecular flexibility index (Phi) is 1.59. The zero-order chi connectivity index (χ0) is 7.68. The second-order valence-electron chi connectivity index (χ2n) is 2.42. The van der Waals surface area contributed by atoms with Crippen LogP contribution >= 0.6 is 11.6 Å². The molecule has 1 N–H and O–H groups in total. The standard InChI is InChI=1S/C9H7ClN/c10-6-8-5-7-3-1-2-4-9(7)11-8/h1-6,11H. The normalized spacial score (nSPS) is 10.6. The molecule has 0 fully saturated rings. The molecule has 0 amide bonds. The monoisotopic (exact) mass is 164 g/mol. The molecule has 1 aromatic heterocycles. The Morgan fingerprint density at radius 2 is 2.09 bits per heavy atom. The SMILES string of the molecule is Cl[CH]c1cc2ccccc2[nH]1. The van der Waals surface area contributed by atoms with E-state index in [9.17, 15) is 0 Å². The highest BCUT2D eigenvalue weighted by molar-refractivity contribution is 6.25. The van der Waals surface area contributed by atoms with E-state index >= 15 is 0 Å². The maximum absolute atomic E-state index is 5.54. The van der Waals surface area contributed by atoms with Crippen molar-refractivity contribution < 1.29 is 0 Å². The lowest BCUT2D eigenvalue weighted by atomic mass is 10.2. The molecule has 2 rings (SSSR count). The van der Waals surface area contributed by atoms with E-state index in [2.05, 4.69) is 11.1 Å². The van der Waals surface area contributed by atoms with Crippen LogP contribution in [0.1, 0.15) is 5.69 Å². The Morgan fingerprint density at radius 3 is 2.82 bits per heavy atom. The van der Waals surface area contributed by atoms with Crippen LogP contribution in [-0.4, -0.2) is 4.98 Å². The van der Waals surface area contributed by atoms with Crippen LogP contribution in [0.15, 0.2) is 30.3 Å². The van der Waals surface area contributed by atoms with Crippen molar-refractivity contribution in [3.63, 3.8) is 0 Å². The number of benzene rings is 1. The van der Waals surface area contributed by atoms with E-state index in [-0.39, 0.29) is 0 Å². The summed E-state index contributed by atoms with van der Waals surface area (Å²) in [6.45, 7) is 0. The summed E-state index contributed by atoms with van der Waals surface area (Å²) < 4.78 is 0. The highest BCUT2D eigenvalue weighted by atomic mass is 35.5. The van der Waals surface area contributed by atoms with Gasteiger partial charge in [-0.05, 0) is 17.5 Å². The predicted octanol–water partition coefficient (Wildman–Crippen LogP) is 2.92. The topological polar surface area (TPSA) is 15.8 Å². The molecule has 0 spiro atoms. The number of aromatic amines is 1. The van der Waals surface area contributed by atoms with Gasteiger partial charge >= 0.3 is 0 Å². The molecule has 2 heteroatoms. The molecule has 1 nitrogen and oxygen atoms in total. The van der Waals surface area contributed by atoms with Gasteiger partial charge in [0.2, 0.25) is 0 Å². The molecular weight excluding hydrogens is 158 g/mol. The number of hydrogen-bond acceptors (Lipinski definition) is 0. The summed E-state index contributed by atoms with van der Waals surface area (Å²) in [6.07, 6.45) is 0. The van der Waals surface area contributed by atoms with Crippen LogP contribution in [0.25, 0.3) is 10.9 Å². The summed E-state index contributed by atoms with van der Waals surface area (Å²) in [5.74, 6) is 1.54. The summed E-state index contributed by atoms with van der Waals surface area (Å²) in [5, 5.41) is 1.19. The fraction of sp³-hybridized carbons (Fsp3) is 0. The average molecular weight is 165 g/mol. The minimum Gasteiger partial charge on any atom is -0.357 e. The second-order valence-corrected chi connectivity index (χ2v) is 2.64. The van der Waals surface area contributed by atoms with Crippen molar-refractivity contribution in [2.45, 2.75) is 0 Å². The number of para-hydroxylation sites is 1. The molecular formula is C9H7ClN. The number of hydrogen-bond donors (Lipinski definition) is 1. The Labute approximate surface area is 70.0 Å². The number of halogens is 1. The Balaban J connectivity index is 2.69. The zero-order valence-corrected chi connectivity index (χ0v) is 6.60. The lowest BCUT2D eigenvalue weighted by Gasteiger charge is -1.84. The van der Waals surface area contributed by atoms with Crippen LogP contribution < -0.4 is 0 Å². The first-order valence-electron chi connectivity index (χ1n) is 3.41. The molecule has 0 saturated heterocycles. The van der Waals surface area contributed by atoms with Gasteiger partial charge in [-0.3, -0.25) is 0 Å². The largest absolute Gasteiger partial charge is 0.357 e. The first kappa shape index (κ1) is 6.74. The maximum Gasteiger partial charge on any atom is 0.0954 e. The first-order valence-corrected chi connectivity index (χ1v) is 3.85. The number of aromatic nitrogens is 1. The molecule has 1 aromatic carbocycles. The third kappa shape index (κ3) is 1.12. The summed E-state index contributed by atoms with van der Waals surface area (Å²) in [6, 6.07) is 10.1. The molecule has 0 aliphatic carbocycles. The van der Waals surface area contributed by atoms with Crippen LogP contribution in [0.4, 0.5) is 0 Å². The molecule has 0 aliphatic heterocycles. The molecule has 0 bridgehead atoms. The number of rotatable bonds is 1. The number of nitrogens with one attached hydrogen (secondary N) is 1. The van der Waals surface area contributed by atoms with Gasteiger partial charge in [0.15, 0.2) is 0 Å². The third-order valence-corrected chi connectivity index (χ3v) is 1.90. The van der Waals surface area contributed by atoms with Gasteiger partial charge in [0, 0.05) is 11.2 Å². The quantitative estimate of drug-likeness (QED) is 0.667. The fourth-order valence-corrected chi connectivity index (χ4v) is 1.27. The first-order chi connectivity index (χ1) is 5.40. The molecule has 0 saturated carbocycles. The van der Waals surface area contributed by atoms with E-state index in [1.807, 2.05) is 24.3 Å². The Bertz CT molecular complexity index is 331. The molecule has 0 aliphatic rings. The highest BCUT2D eigenvalue weighted by Crippen LogP contribution is 2.16.